The molecular formula is C24H23ClN2O5. The number of furan rings is 1. The maximum Gasteiger partial charge on any atom is 0.338 e. The average molecular weight is 455 g/mol. The lowest BCUT2D eigenvalue weighted by Gasteiger charge is -2.09. The summed E-state index contributed by atoms with van der Waals surface area (Å²) in [5.41, 5.74) is 5.41. The minimum Gasteiger partial charge on any atom is -0.484 e. The summed E-state index contributed by atoms with van der Waals surface area (Å²) in [6.07, 6.45) is 1.39. The van der Waals surface area contributed by atoms with E-state index in [1.165, 1.54) is 6.21 Å². The zero-order chi connectivity index (χ0) is 23.1. The third-order valence-electron chi connectivity index (χ3n) is 4.47. The number of rotatable bonds is 8. The maximum atomic E-state index is 12.0. The summed E-state index contributed by atoms with van der Waals surface area (Å²) >= 11 is 6.13. The summed E-state index contributed by atoms with van der Waals surface area (Å²) in [5.74, 6) is 0.845. The van der Waals surface area contributed by atoms with Gasteiger partial charge in [0.15, 0.2) is 6.61 Å². The van der Waals surface area contributed by atoms with Crippen molar-refractivity contribution in [1.29, 1.82) is 0 Å². The number of hydrogen-bond donors (Lipinski definition) is 1. The number of hydrogen-bond acceptors (Lipinski definition) is 6. The van der Waals surface area contributed by atoms with Crippen LogP contribution < -0.4 is 10.2 Å². The third kappa shape index (κ3) is 5.98. The molecule has 0 aliphatic heterocycles. The number of esters is 1. The molecule has 1 heterocycles. The van der Waals surface area contributed by atoms with E-state index >= 15 is 0 Å². The zero-order valence-electron chi connectivity index (χ0n) is 18.0. The van der Waals surface area contributed by atoms with Gasteiger partial charge < -0.3 is 13.9 Å². The highest BCUT2D eigenvalue weighted by molar-refractivity contribution is 6.32. The van der Waals surface area contributed by atoms with Crippen LogP contribution in [0, 0.1) is 13.8 Å². The van der Waals surface area contributed by atoms with Gasteiger partial charge in [0.1, 0.15) is 17.3 Å². The van der Waals surface area contributed by atoms with Gasteiger partial charge in [0.2, 0.25) is 0 Å². The molecule has 0 radical (unpaired) electrons. The number of hydrazone groups is 1. The summed E-state index contributed by atoms with van der Waals surface area (Å²) in [4.78, 5) is 23.7. The van der Waals surface area contributed by atoms with E-state index in [-0.39, 0.29) is 12.6 Å². The first-order valence-corrected chi connectivity index (χ1v) is 10.3. The largest absolute Gasteiger partial charge is 0.484 e. The van der Waals surface area contributed by atoms with Crippen LogP contribution in [-0.2, 0) is 9.53 Å². The Morgan fingerprint density at radius 1 is 1.09 bits per heavy atom. The van der Waals surface area contributed by atoms with Gasteiger partial charge in [-0.3, -0.25) is 4.79 Å². The van der Waals surface area contributed by atoms with Crippen molar-refractivity contribution in [1.82, 2.24) is 5.43 Å². The predicted molar refractivity (Wildman–Crippen MR) is 122 cm³/mol. The normalized spacial score (nSPS) is 10.9. The van der Waals surface area contributed by atoms with Crippen molar-refractivity contribution in [3.8, 4) is 17.1 Å². The van der Waals surface area contributed by atoms with Gasteiger partial charge in [-0.25, -0.2) is 10.2 Å². The molecule has 2 aromatic carbocycles. The molecule has 0 fully saturated rings. The molecule has 0 saturated heterocycles. The van der Waals surface area contributed by atoms with Crippen molar-refractivity contribution in [3.05, 3.63) is 76.0 Å². The van der Waals surface area contributed by atoms with E-state index in [9.17, 15) is 9.59 Å². The SMILES string of the molecule is CCOC(=O)c1ccc(-c2ccc(/C=N/NC(=O)COc3cc(C)c(Cl)c(C)c3)o2)cc1. The average Bonchev–Trinajstić information content (AvgIpc) is 3.25. The molecule has 0 aliphatic rings. The van der Waals surface area contributed by atoms with Gasteiger partial charge in [0.25, 0.3) is 5.91 Å². The van der Waals surface area contributed by atoms with Gasteiger partial charge >= 0.3 is 5.97 Å². The van der Waals surface area contributed by atoms with E-state index in [1.54, 1.807) is 55.5 Å². The van der Waals surface area contributed by atoms with E-state index in [0.717, 1.165) is 16.7 Å². The molecule has 166 valence electrons. The highest BCUT2D eigenvalue weighted by atomic mass is 35.5. The molecule has 32 heavy (non-hydrogen) atoms. The first kappa shape index (κ1) is 23.1. The second-order valence-electron chi connectivity index (χ2n) is 6.95. The first-order chi connectivity index (χ1) is 15.4. The molecule has 8 heteroatoms. The zero-order valence-corrected chi connectivity index (χ0v) is 18.7. The number of benzene rings is 2. The van der Waals surface area contributed by atoms with E-state index in [0.29, 0.717) is 34.5 Å². The Bertz CT molecular complexity index is 1110. The Hall–Kier alpha value is -3.58. The quantitative estimate of drug-likeness (QED) is 0.296. The fraction of sp³-hybridized carbons (Fsp3) is 0.208. The molecule has 1 amide bonds. The Balaban J connectivity index is 1.52. The molecule has 3 aromatic rings. The summed E-state index contributed by atoms with van der Waals surface area (Å²) in [6.45, 7) is 5.64. The topological polar surface area (TPSA) is 90.1 Å². The lowest BCUT2D eigenvalue weighted by molar-refractivity contribution is -0.123. The molecule has 1 N–H and O–H groups in total. The summed E-state index contributed by atoms with van der Waals surface area (Å²) < 4.78 is 16.2. The van der Waals surface area contributed by atoms with Gasteiger partial charge in [0.05, 0.1) is 18.4 Å². The second-order valence-corrected chi connectivity index (χ2v) is 7.33. The molecule has 1 aromatic heterocycles. The van der Waals surface area contributed by atoms with Gasteiger partial charge in [-0.1, -0.05) is 23.7 Å². The molecule has 0 atom stereocenters. The van der Waals surface area contributed by atoms with Crippen LogP contribution in [-0.4, -0.2) is 31.3 Å². The van der Waals surface area contributed by atoms with E-state index < -0.39 is 5.91 Å². The Morgan fingerprint density at radius 2 is 1.78 bits per heavy atom. The van der Waals surface area contributed by atoms with Crippen molar-refractivity contribution >= 4 is 29.7 Å². The number of carbonyl (C=O) groups is 2. The van der Waals surface area contributed by atoms with E-state index in [2.05, 4.69) is 10.5 Å². The molecule has 0 spiro atoms. The van der Waals surface area contributed by atoms with Crippen molar-refractivity contribution in [2.75, 3.05) is 13.2 Å². The number of halogens is 1. The molecule has 0 unspecified atom stereocenters. The summed E-state index contributed by atoms with van der Waals surface area (Å²) in [5, 5.41) is 4.57. The van der Waals surface area contributed by atoms with Crippen LogP contribution in [0.3, 0.4) is 0 Å². The minimum atomic E-state index is -0.409. The number of ether oxygens (including phenoxy) is 2. The molecule has 0 bridgehead atoms. The van der Waals surface area contributed by atoms with Crippen molar-refractivity contribution in [2.24, 2.45) is 5.10 Å². The van der Waals surface area contributed by atoms with Crippen LogP contribution in [0.2, 0.25) is 5.02 Å². The smallest absolute Gasteiger partial charge is 0.338 e. The molecule has 0 saturated carbocycles. The molecule has 7 nitrogen and oxygen atoms in total. The van der Waals surface area contributed by atoms with E-state index in [4.69, 9.17) is 25.5 Å². The Kier molecular flexibility index (Phi) is 7.68. The number of aryl methyl sites for hydroxylation is 2. The fourth-order valence-electron chi connectivity index (χ4n) is 2.90. The molecule has 3 rings (SSSR count). The minimum absolute atomic E-state index is 0.186. The Morgan fingerprint density at radius 3 is 2.44 bits per heavy atom. The standard InChI is InChI=1S/C24H23ClN2O5/c1-4-30-24(29)18-7-5-17(6-8-18)21-10-9-19(32-21)13-26-27-22(28)14-31-20-11-15(2)23(25)16(3)12-20/h5-13H,4,14H2,1-3H3,(H,27,28)/b26-13+. The van der Waals surface area contributed by atoms with Crippen LogP contribution in [0.25, 0.3) is 11.3 Å². The lowest BCUT2D eigenvalue weighted by Crippen LogP contribution is -2.24. The van der Waals surface area contributed by atoms with Crippen LogP contribution in [0.15, 0.2) is 58.0 Å². The van der Waals surface area contributed by atoms with Crippen molar-refractivity contribution in [2.45, 2.75) is 20.8 Å². The van der Waals surface area contributed by atoms with Gasteiger partial charge in [-0.15, -0.1) is 0 Å². The summed E-state index contributed by atoms with van der Waals surface area (Å²) in [6, 6.07) is 13.9. The number of nitrogens with zero attached hydrogens (tertiary/aromatic N) is 1. The monoisotopic (exact) mass is 454 g/mol. The van der Waals surface area contributed by atoms with Crippen LogP contribution in [0.4, 0.5) is 0 Å². The van der Waals surface area contributed by atoms with Crippen molar-refractivity contribution < 1.29 is 23.5 Å². The van der Waals surface area contributed by atoms with Crippen LogP contribution in [0.5, 0.6) is 5.75 Å². The number of amides is 1. The molecular weight excluding hydrogens is 432 g/mol. The Labute approximate surface area is 191 Å². The number of carbonyl (C=O) groups excluding carboxylic acids is 2. The first-order valence-electron chi connectivity index (χ1n) is 9.96. The highest BCUT2D eigenvalue weighted by Crippen LogP contribution is 2.26. The highest BCUT2D eigenvalue weighted by Gasteiger charge is 2.09. The van der Waals surface area contributed by atoms with Crippen LogP contribution in [0.1, 0.15) is 34.2 Å². The predicted octanol–water partition coefficient (Wildman–Crippen LogP) is 4.92. The lowest BCUT2D eigenvalue weighted by atomic mass is 10.1. The summed E-state index contributed by atoms with van der Waals surface area (Å²) in [7, 11) is 0. The van der Waals surface area contributed by atoms with Gasteiger partial charge in [-0.05, 0) is 68.3 Å². The van der Waals surface area contributed by atoms with Gasteiger partial charge in [-0.2, -0.15) is 5.10 Å². The van der Waals surface area contributed by atoms with Crippen LogP contribution >= 0.6 is 11.6 Å². The number of nitrogens with one attached hydrogen (secondary N) is 1. The van der Waals surface area contributed by atoms with Crippen molar-refractivity contribution in [3.63, 3.8) is 0 Å². The third-order valence-corrected chi connectivity index (χ3v) is 5.06. The second kappa shape index (κ2) is 10.6. The van der Waals surface area contributed by atoms with E-state index in [1.807, 2.05) is 13.8 Å². The fourth-order valence-corrected chi connectivity index (χ4v) is 3.01. The molecule has 0 aliphatic carbocycles. The van der Waals surface area contributed by atoms with Gasteiger partial charge in [0, 0.05) is 10.6 Å². The maximum absolute atomic E-state index is 12.0.